The topological polar surface area (TPSA) is 50.6 Å². The minimum absolute atomic E-state index is 0.400. The molecular weight excluding hydrogens is 491 g/mol. The van der Waals surface area contributed by atoms with Crippen LogP contribution < -0.4 is 9.80 Å². The van der Waals surface area contributed by atoms with Gasteiger partial charge in [-0.1, -0.05) is 0 Å². The second-order valence-electron chi connectivity index (χ2n) is 8.62. The first-order valence-electron chi connectivity index (χ1n) is 10.2. The number of halogens is 1. The molecule has 0 atom stereocenters. The Morgan fingerprint density at radius 3 is 2.30 bits per heavy atom. The number of pyridine rings is 1. The number of carbonyl (C=O) groups excluding carboxylic acids is 1. The fourth-order valence-electron chi connectivity index (χ4n) is 3.84. The first-order valence-corrected chi connectivity index (χ1v) is 11.3. The molecule has 0 N–H and O–H groups in total. The monoisotopic (exact) mass is 518 g/mol. The zero-order valence-corrected chi connectivity index (χ0v) is 20.0. The van der Waals surface area contributed by atoms with Crippen LogP contribution >= 0.6 is 22.6 Å². The predicted molar refractivity (Wildman–Crippen MR) is 130 cm³/mol. The highest BCUT2D eigenvalue weighted by molar-refractivity contribution is 14.1. The number of benzene rings is 1. The van der Waals surface area contributed by atoms with Crippen LogP contribution in [0, 0.1) is 10.5 Å². The van der Waals surface area contributed by atoms with E-state index in [4.69, 9.17) is 4.74 Å². The van der Waals surface area contributed by atoms with Gasteiger partial charge in [-0.3, -0.25) is 0 Å². The maximum absolute atomic E-state index is 12.5. The standard InChI is InChI=1S/C23H27IN4O2/c1-16-19-9-10-28(22(29)30-23(2,3)4)21(19)25-15-20(16)27-13-11-26(12-14-27)18-7-5-17(24)6-8-18/h5-10,15H,11-14H2,1-4H3. The Hall–Kier alpha value is -2.29. The van der Waals surface area contributed by atoms with Gasteiger partial charge < -0.3 is 14.5 Å². The van der Waals surface area contributed by atoms with Gasteiger partial charge in [0.1, 0.15) is 11.2 Å². The Morgan fingerprint density at radius 1 is 1.03 bits per heavy atom. The minimum Gasteiger partial charge on any atom is -0.443 e. The SMILES string of the molecule is Cc1c(N2CCN(c3ccc(I)cc3)CC2)cnc2c1ccn2C(=O)OC(C)(C)C. The van der Waals surface area contributed by atoms with Gasteiger partial charge in [0.15, 0.2) is 0 Å². The maximum atomic E-state index is 12.5. The van der Waals surface area contributed by atoms with Gasteiger partial charge in [0, 0.05) is 47.0 Å². The second-order valence-corrected chi connectivity index (χ2v) is 9.87. The first-order chi connectivity index (χ1) is 14.2. The quantitative estimate of drug-likeness (QED) is 0.444. The maximum Gasteiger partial charge on any atom is 0.420 e. The molecule has 1 aliphatic rings. The van der Waals surface area contributed by atoms with Crippen molar-refractivity contribution in [3.8, 4) is 0 Å². The zero-order valence-electron chi connectivity index (χ0n) is 17.9. The van der Waals surface area contributed by atoms with E-state index in [1.165, 1.54) is 13.8 Å². The van der Waals surface area contributed by atoms with Crippen molar-refractivity contribution >= 4 is 51.1 Å². The molecule has 0 radical (unpaired) electrons. The Kier molecular flexibility index (Phi) is 5.65. The molecule has 0 spiro atoms. The molecule has 2 aromatic heterocycles. The van der Waals surface area contributed by atoms with Crippen LogP contribution in [0.3, 0.4) is 0 Å². The fourth-order valence-corrected chi connectivity index (χ4v) is 4.20. The van der Waals surface area contributed by atoms with Gasteiger partial charge in [0.05, 0.1) is 11.9 Å². The first kappa shape index (κ1) is 21.0. The minimum atomic E-state index is -0.542. The summed E-state index contributed by atoms with van der Waals surface area (Å²) in [5.74, 6) is 0. The van der Waals surface area contributed by atoms with Crippen LogP contribution in [0.2, 0.25) is 0 Å². The average Bonchev–Trinajstić information content (AvgIpc) is 3.13. The summed E-state index contributed by atoms with van der Waals surface area (Å²) in [6.07, 6.45) is 3.24. The van der Waals surface area contributed by atoms with E-state index in [1.54, 1.807) is 6.20 Å². The van der Waals surface area contributed by atoms with Gasteiger partial charge in [0.25, 0.3) is 0 Å². The van der Waals surface area contributed by atoms with E-state index in [2.05, 4.69) is 68.6 Å². The van der Waals surface area contributed by atoms with Gasteiger partial charge in [-0.2, -0.15) is 0 Å². The highest BCUT2D eigenvalue weighted by Crippen LogP contribution is 2.29. The molecular formula is C23H27IN4O2. The van der Waals surface area contributed by atoms with Crippen LogP contribution in [0.25, 0.3) is 11.0 Å². The van der Waals surface area contributed by atoms with Gasteiger partial charge >= 0.3 is 6.09 Å². The summed E-state index contributed by atoms with van der Waals surface area (Å²) in [5.41, 5.74) is 3.65. The molecule has 7 heteroatoms. The van der Waals surface area contributed by atoms with Gasteiger partial charge in [0.2, 0.25) is 0 Å². The average molecular weight is 518 g/mol. The number of hydrogen-bond donors (Lipinski definition) is 0. The molecule has 0 unspecified atom stereocenters. The molecule has 3 heterocycles. The lowest BCUT2D eigenvalue weighted by Crippen LogP contribution is -2.46. The highest BCUT2D eigenvalue weighted by Gasteiger charge is 2.23. The van der Waals surface area contributed by atoms with Crippen molar-refractivity contribution in [3.05, 3.63) is 51.9 Å². The molecule has 1 aromatic carbocycles. The number of aryl methyl sites for hydroxylation is 1. The molecule has 0 saturated carbocycles. The molecule has 30 heavy (non-hydrogen) atoms. The summed E-state index contributed by atoms with van der Waals surface area (Å²) in [7, 11) is 0. The summed E-state index contributed by atoms with van der Waals surface area (Å²) in [6.45, 7) is 11.5. The second kappa shape index (κ2) is 8.09. The number of hydrogen-bond acceptors (Lipinski definition) is 5. The summed E-state index contributed by atoms with van der Waals surface area (Å²) < 4.78 is 8.25. The number of aromatic nitrogens is 2. The van der Waals surface area contributed by atoms with E-state index in [9.17, 15) is 4.79 Å². The van der Waals surface area contributed by atoms with Crippen LogP contribution in [-0.4, -0.2) is 47.4 Å². The summed E-state index contributed by atoms with van der Waals surface area (Å²) in [4.78, 5) is 21.9. The Bertz CT molecular complexity index is 1060. The van der Waals surface area contributed by atoms with Crippen LogP contribution in [0.4, 0.5) is 16.2 Å². The zero-order chi connectivity index (χ0) is 21.5. The fraction of sp³-hybridized carbons (Fsp3) is 0.391. The van der Waals surface area contributed by atoms with Crippen LogP contribution in [0.1, 0.15) is 26.3 Å². The van der Waals surface area contributed by atoms with Crippen LogP contribution in [0.15, 0.2) is 42.7 Å². The molecule has 0 aliphatic carbocycles. The Morgan fingerprint density at radius 2 is 1.67 bits per heavy atom. The molecule has 0 bridgehead atoms. The van der Waals surface area contributed by atoms with Crippen molar-refractivity contribution in [2.75, 3.05) is 36.0 Å². The van der Waals surface area contributed by atoms with E-state index in [-0.39, 0.29) is 0 Å². The van der Waals surface area contributed by atoms with Gasteiger partial charge in [-0.05, 0) is 86.2 Å². The molecule has 3 aromatic rings. The lowest BCUT2D eigenvalue weighted by molar-refractivity contribution is 0.0543. The normalized spacial score (nSPS) is 15.0. The van der Waals surface area contributed by atoms with E-state index < -0.39 is 11.7 Å². The third kappa shape index (κ3) is 4.26. The van der Waals surface area contributed by atoms with Crippen LogP contribution in [-0.2, 0) is 4.74 Å². The van der Waals surface area contributed by atoms with E-state index in [0.29, 0.717) is 5.65 Å². The van der Waals surface area contributed by atoms with Crippen molar-refractivity contribution in [2.24, 2.45) is 0 Å². The Labute approximate surface area is 191 Å². The molecule has 0 amide bonds. The van der Waals surface area contributed by atoms with Crippen LogP contribution in [0.5, 0.6) is 0 Å². The van der Waals surface area contributed by atoms with E-state index in [0.717, 1.165) is 42.8 Å². The van der Waals surface area contributed by atoms with Crippen molar-refractivity contribution in [1.29, 1.82) is 0 Å². The third-order valence-corrected chi connectivity index (χ3v) is 6.08. The lowest BCUT2D eigenvalue weighted by atomic mass is 10.1. The predicted octanol–water partition coefficient (Wildman–Crippen LogP) is 5.06. The van der Waals surface area contributed by atoms with Crippen molar-refractivity contribution in [2.45, 2.75) is 33.3 Å². The molecule has 158 valence electrons. The molecule has 1 aliphatic heterocycles. The Balaban J connectivity index is 1.52. The van der Waals surface area contributed by atoms with E-state index >= 15 is 0 Å². The smallest absolute Gasteiger partial charge is 0.420 e. The summed E-state index contributed by atoms with van der Waals surface area (Å²) in [5, 5.41) is 0.985. The number of anilines is 2. The van der Waals surface area contributed by atoms with E-state index in [1.807, 2.05) is 33.0 Å². The largest absolute Gasteiger partial charge is 0.443 e. The summed E-state index contributed by atoms with van der Waals surface area (Å²) >= 11 is 2.34. The number of rotatable bonds is 2. The van der Waals surface area contributed by atoms with Gasteiger partial charge in [-0.15, -0.1) is 0 Å². The van der Waals surface area contributed by atoms with Gasteiger partial charge in [-0.25, -0.2) is 14.3 Å². The highest BCUT2D eigenvalue weighted by atomic mass is 127. The van der Waals surface area contributed by atoms with Crippen molar-refractivity contribution in [3.63, 3.8) is 0 Å². The molecule has 4 rings (SSSR count). The number of nitrogens with zero attached hydrogens (tertiary/aromatic N) is 4. The number of fused-ring (bicyclic) bond motifs is 1. The number of carbonyl (C=O) groups is 1. The molecule has 1 saturated heterocycles. The lowest BCUT2D eigenvalue weighted by Gasteiger charge is -2.38. The van der Waals surface area contributed by atoms with Crippen molar-refractivity contribution in [1.82, 2.24) is 9.55 Å². The number of ether oxygens (including phenoxy) is 1. The van der Waals surface area contributed by atoms with Crippen molar-refractivity contribution < 1.29 is 9.53 Å². The number of piperazine rings is 1. The molecule has 1 fully saturated rings. The third-order valence-electron chi connectivity index (χ3n) is 5.36. The summed E-state index contributed by atoms with van der Waals surface area (Å²) in [6, 6.07) is 10.6. The molecule has 6 nitrogen and oxygen atoms in total.